The number of nitrogens with zero attached hydrogens (tertiary/aromatic N) is 3. The number of aromatic nitrogens is 2. The van der Waals surface area contributed by atoms with Crippen LogP contribution in [-0.4, -0.2) is 39.7 Å². The Bertz CT molecular complexity index is 1470. The molecule has 0 radical (unpaired) electrons. The molecular formula is C30H31Cl2N5O2. The Kier molecular flexibility index (Phi) is 8.94. The van der Waals surface area contributed by atoms with Gasteiger partial charge in [0.2, 0.25) is 5.91 Å². The van der Waals surface area contributed by atoms with Gasteiger partial charge in [-0.25, -0.2) is 9.48 Å². The first kappa shape index (κ1) is 28.2. The highest BCUT2D eigenvalue weighted by Crippen LogP contribution is 2.34. The van der Waals surface area contributed by atoms with Crippen molar-refractivity contribution < 1.29 is 9.59 Å². The van der Waals surface area contributed by atoms with Crippen LogP contribution in [0.5, 0.6) is 0 Å². The second-order valence-electron chi connectivity index (χ2n) is 9.78. The average Bonchev–Trinajstić information content (AvgIpc) is 3.22. The fourth-order valence-electron chi connectivity index (χ4n) is 4.27. The van der Waals surface area contributed by atoms with Crippen LogP contribution in [0.4, 0.5) is 16.3 Å². The van der Waals surface area contributed by atoms with Crippen LogP contribution >= 0.6 is 23.2 Å². The molecule has 4 rings (SSSR count). The number of hydrogen-bond acceptors (Lipinski definition) is 3. The number of carbonyl (C=O) groups excluding carboxylic acids is 2. The zero-order chi connectivity index (χ0) is 28.1. The van der Waals surface area contributed by atoms with Crippen LogP contribution in [-0.2, 0) is 4.79 Å². The molecular weight excluding hydrogens is 533 g/mol. The molecule has 0 atom stereocenters. The summed E-state index contributed by atoms with van der Waals surface area (Å²) in [4.78, 5) is 28.2. The van der Waals surface area contributed by atoms with E-state index in [1.165, 1.54) is 4.90 Å². The minimum atomic E-state index is -0.450. The summed E-state index contributed by atoms with van der Waals surface area (Å²) in [6.07, 6.45) is 0. The number of benzene rings is 3. The van der Waals surface area contributed by atoms with Crippen molar-refractivity contribution >= 4 is 46.6 Å². The van der Waals surface area contributed by atoms with Gasteiger partial charge in [0.05, 0.1) is 27.1 Å². The molecule has 3 aromatic carbocycles. The summed E-state index contributed by atoms with van der Waals surface area (Å²) in [6.45, 7) is 8.08. The Morgan fingerprint density at radius 2 is 1.62 bits per heavy atom. The molecule has 0 aliphatic heterocycles. The van der Waals surface area contributed by atoms with E-state index in [4.69, 9.17) is 28.3 Å². The summed E-state index contributed by atoms with van der Waals surface area (Å²) < 4.78 is 1.73. The molecule has 9 heteroatoms. The SMILES string of the molecule is Cc1ccc(-n2nc(C)c(-c3ccccc3)c2NC(=O)CN(CC(C)C)C(=O)Nc2cccc(Cl)c2Cl)cc1. The third-order valence-electron chi connectivity index (χ3n) is 6.06. The number of nitrogens with one attached hydrogen (secondary N) is 2. The van der Waals surface area contributed by atoms with Crippen LogP contribution in [0.2, 0.25) is 10.0 Å². The maximum atomic E-state index is 13.5. The molecule has 0 fully saturated rings. The number of aryl methyl sites for hydroxylation is 2. The van der Waals surface area contributed by atoms with Crippen molar-refractivity contribution in [3.63, 3.8) is 0 Å². The first-order chi connectivity index (χ1) is 18.6. The summed E-state index contributed by atoms with van der Waals surface area (Å²) >= 11 is 12.4. The molecule has 3 amide bonds. The van der Waals surface area contributed by atoms with Crippen molar-refractivity contribution in [2.24, 2.45) is 5.92 Å². The number of anilines is 2. The van der Waals surface area contributed by atoms with Gasteiger partial charge in [-0.3, -0.25) is 4.79 Å². The van der Waals surface area contributed by atoms with Crippen molar-refractivity contribution in [3.8, 4) is 16.8 Å². The van der Waals surface area contributed by atoms with E-state index in [9.17, 15) is 9.59 Å². The number of carbonyl (C=O) groups is 2. The normalized spacial score (nSPS) is 10.9. The lowest BCUT2D eigenvalue weighted by molar-refractivity contribution is -0.116. The highest BCUT2D eigenvalue weighted by Gasteiger charge is 2.24. The van der Waals surface area contributed by atoms with E-state index in [0.29, 0.717) is 23.1 Å². The van der Waals surface area contributed by atoms with Gasteiger partial charge in [-0.05, 0) is 49.6 Å². The Morgan fingerprint density at radius 3 is 2.28 bits per heavy atom. The summed E-state index contributed by atoms with van der Waals surface area (Å²) in [5, 5.41) is 11.2. The summed E-state index contributed by atoms with van der Waals surface area (Å²) in [5.74, 6) is 0.308. The number of halogens is 2. The minimum absolute atomic E-state index is 0.124. The Morgan fingerprint density at radius 1 is 0.923 bits per heavy atom. The molecule has 0 spiro atoms. The number of rotatable bonds is 8. The highest BCUT2D eigenvalue weighted by molar-refractivity contribution is 6.44. The van der Waals surface area contributed by atoms with Gasteiger partial charge in [0.15, 0.2) is 0 Å². The van der Waals surface area contributed by atoms with Crippen LogP contribution in [0.25, 0.3) is 16.8 Å². The zero-order valence-electron chi connectivity index (χ0n) is 22.3. The average molecular weight is 565 g/mol. The van der Waals surface area contributed by atoms with E-state index in [1.54, 1.807) is 22.9 Å². The van der Waals surface area contributed by atoms with Gasteiger partial charge >= 0.3 is 6.03 Å². The highest BCUT2D eigenvalue weighted by atomic mass is 35.5. The molecule has 0 saturated heterocycles. The zero-order valence-corrected chi connectivity index (χ0v) is 23.8. The summed E-state index contributed by atoms with van der Waals surface area (Å²) in [5.41, 5.74) is 4.82. The standard InChI is InChI=1S/C30H31Cl2N5O2/c1-19(2)17-36(30(39)33-25-12-8-11-24(31)28(25)32)18-26(38)34-29-27(22-9-6-5-7-10-22)21(4)35-37(29)23-15-13-20(3)14-16-23/h5-16,19H,17-18H2,1-4H3,(H,33,39)(H,34,38). The largest absolute Gasteiger partial charge is 0.322 e. The van der Waals surface area contributed by atoms with Crippen LogP contribution < -0.4 is 10.6 Å². The van der Waals surface area contributed by atoms with E-state index in [0.717, 1.165) is 28.1 Å². The molecule has 2 N–H and O–H groups in total. The van der Waals surface area contributed by atoms with Crippen LogP contribution in [0.15, 0.2) is 72.8 Å². The fourth-order valence-corrected chi connectivity index (χ4v) is 4.61. The van der Waals surface area contributed by atoms with Crippen molar-refractivity contribution in [1.29, 1.82) is 0 Å². The monoisotopic (exact) mass is 563 g/mol. The van der Waals surface area contributed by atoms with Crippen molar-refractivity contribution in [2.45, 2.75) is 27.7 Å². The van der Waals surface area contributed by atoms with Crippen molar-refractivity contribution in [2.75, 3.05) is 23.7 Å². The van der Waals surface area contributed by atoms with Gasteiger partial charge in [0.1, 0.15) is 12.4 Å². The van der Waals surface area contributed by atoms with Crippen LogP contribution in [0.1, 0.15) is 25.1 Å². The van der Waals surface area contributed by atoms with Gasteiger partial charge < -0.3 is 15.5 Å². The Labute approximate surface area is 238 Å². The molecule has 1 heterocycles. The van der Waals surface area contributed by atoms with Gasteiger partial charge in [0.25, 0.3) is 0 Å². The van der Waals surface area contributed by atoms with Crippen LogP contribution in [0, 0.1) is 19.8 Å². The first-order valence-electron chi connectivity index (χ1n) is 12.7. The quantitative estimate of drug-likeness (QED) is 0.231. The molecule has 0 aliphatic rings. The number of urea groups is 1. The van der Waals surface area contributed by atoms with E-state index in [1.807, 2.05) is 82.3 Å². The Hall–Kier alpha value is -3.81. The second kappa shape index (κ2) is 12.4. The molecule has 0 unspecified atom stereocenters. The maximum absolute atomic E-state index is 13.5. The number of amides is 3. The number of hydrogen-bond donors (Lipinski definition) is 2. The summed E-state index contributed by atoms with van der Waals surface area (Å²) in [7, 11) is 0. The molecule has 1 aromatic heterocycles. The molecule has 0 bridgehead atoms. The van der Waals surface area contributed by atoms with E-state index < -0.39 is 6.03 Å². The van der Waals surface area contributed by atoms with Crippen molar-refractivity contribution in [1.82, 2.24) is 14.7 Å². The molecule has 4 aromatic rings. The van der Waals surface area contributed by atoms with E-state index in [2.05, 4.69) is 10.6 Å². The summed E-state index contributed by atoms with van der Waals surface area (Å²) in [6, 6.07) is 22.2. The Balaban J connectivity index is 1.64. The predicted molar refractivity (Wildman–Crippen MR) is 159 cm³/mol. The predicted octanol–water partition coefficient (Wildman–Crippen LogP) is 7.59. The second-order valence-corrected chi connectivity index (χ2v) is 10.6. The smallest absolute Gasteiger partial charge is 0.315 e. The minimum Gasteiger partial charge on any atom is -0.315 e. The van der Waals surface area contributed by atoms with Gasteiger partial charge in [-0.2, -0.15) is 5.10 Å². The first-order valence-corrected chi connectivity index (χ1v) is 13.4. The fraction of sp³-hybridized carbons (Fsp3) is 0.233. The molecule has 0 saturated carbocycles. The molecule has 7 nitrogen and oxygen atoms in total. The van der Waals surface area contributed by atoms with E-state index >= 15 is 0 Å². The maximum Gasteiger partial charge on any atom is 0.322 e. The lowest BCUT2D eigenvalue weighted by atomic mass is 10.1. The van der Waals surface area contributed by atoms with Crippen LogP contribution in [0.3, 0.4) is 0 Å². The third-order valence-corrected chi connectivity index (χ3v) is 6.88. The third kappa shape index (κ3) is 6.80. The van der Waals surface area contributed by atoms with Gasteiger partial charge in [-0.15, -0.1) is 0 Å². The topological polar surface area (TPSA) is 79.3 Å². The van der Waals surface area contributed by atoms with Gasteiger partial charge in [-0.1, -0.05) is 91.1 Å². The van der Waals surface area contributed by atoms with Crippen molar-refractivity contribution in [3.05, 3.63) is 94.1 Å². The lowest BCUT2D eigenvalue weighted by Crippen LogP contribution is -2.42. The molecule has 39 heavy (non-hydrogen) atoms. The van der Waals surface area contributed by atoms with E-state index in [-0.39, 0.29) is 23.4 Å². The lowest BCUT2D eigenvalue weighted by Gasteiger charge is -2.25. The molecule has 0 aliphatic carbocycles. The molecule has 202 valence electrons. The van der Waals surface area contributed by atoms with Gasteiger partial charge in [0, 0.05) is 12.1 Å².